The number of allylic oxidation sites excluding steroid dienone is 2. The van der Waals surface area contributed by atoms with Crippen LogP contribution in [0.2, 0.25) is 0 Å². The Labute approximate surface area is 78.8 Å². The molecule has 3 heteroatoms. The number of nitrogens with zero attached hydrogens (tertiary/aromatic N) is 1. The number of aliphatic imine (C=N–C) groups is 1. The predicted molar refractivity (Wildman–Crippen MR) is 40.0 cm³/mol. The second-order valence-corrected chi connectivity index (χ2v) is 2.36. The summed E-state index contributed by atoms with van der Waals surface area (Å²) in [5, 5.41) is 0. The minimum Gasteiger partial charge on any atom is -0.478 e. The molecule has 0 aromatic carbocycles. The van der Waals surface area contributed by atoms with Crippen LogP contribution in [0.15, 0.2) is 29.3 Å². The van der Waals surface area contributed by atoms with Gasteiger partial charge in [0, 0.05) is 19.5 Å². The van der Waals surface area contributed by atoms with Crippen molar-refractivity contribution in [3.63, 3.8) is 0 Å². The Kier molecular flexibility index (Phi) is 3.01. The first-order chi connectivity index (χ1) is 4.97. The topological polar surface area (TPSA) is 21.6 Å². The molecule has 11 heavy (non-hydrogen) atoms. The standard InChI is InChI=1S/C8H9NO.Ru/c1-2-4-7(3-1)8-9-5-6-10-8;/h1-4,7H,5-6H2;. The first-order valence-corrected chi connectivity index (χ1v) is 3.49. The molecule has 0 aromatic rings. The molecular weight excluding hydrogens is 227 g/mol. The maximum absolute atomic E-state index is 5.28. The van der Waals surface area contributed by atoms with Crippen LogP contribution in [0.4, 0.5) is 0 Å². The van der Waals surface area contributed by atoms with Crippen molar-refractivity contribution >= 4 is 5.90 Å². The largest absolute Gasteiger partial charge is 0.478 e. The van der Waals surface area contributed by atoms with E-state index in [4.69, 9.17) is 4.74 Å². The molecule has 0 atom stereocenters. The van der Waals surface area contributed by atoms with Gasteiger partial charge in [-0.2, -0.15) is 0 Å². The van der Waals surface area contributed by atoms with E-state index in [1.54, 1.807) is 0 Å². The van der Waals surface area contributed by atoms with Gasteiger partial charge in [0.25, 0.3) is 0 Å². The summed E-state index contributed by atoms with van der Waals surface area (Å²) in [6, 6.07) is 0. The Hall–Kier alpha value is -0.427. The van der Waals surface area contributed by atoms with Crippen LogP contribution >= 0.6 is 0 Å². The number of ether oxygens (including phenoxy) is 1. The Morgan fingerprint density at radius 1 is 1.36 bits per heavy atom. The molecule has 0 aromatic heterocycles. The molecule has 1 heterocycles. The Morgan fingerprint density at radius 2 is 2.09 bits per heavy atom. The summed E-state index contributed by atoms with van der Waals surface area (Å²) < 4.78 is 5.28. The molecule has 0 spiro atoms. The van der Waals surface area contributed by atoms with Gasteiger partial charge in [0.2, 0.25) is 0 Å². The fraction of sp³-hybridized carbons (Fsp3) is 0.375. The molecule has 0 saturated heterocycles. The van der Waals surface area contributed by atoms with E-state index in [1.165, 1.54) is 0 Å². The van der Waals surface area contributed by atoms with Gasteiger partial charge in [-0.1, -0.05) is 24.3 Å². The predicted octanol–water partition coefficient (Wildman–Crippen LogP) is 1.15. The van der Waals surface area contributed by atoms with Crippen LogP contribution in [0.1, 0.15) is 0 Å². The van der Waals surface area contributed by atoms with Gasteiger partial charge in [0.1, 0.15) is 6.61 Å². The third kappa shape index (κ3) is 1.78. The van der Waals surface area contributed by atoms with Crippen molar-refractivity contribution in [1.82, 2.24) is 0 Å². The normalized spacial score (nSPS) is 21.3. The van der Waals surface area contributed by atoms with E-state index in [0.29, 0.717) is 5.92 Å². The van der Waals surface area contributed by atoms with E-state index in [1.807, 2.05) is 12.2 Å². The van der Waals surface area contributed by atoms with Crippen molar-refractivity contribution in [1.29, 1.82) is 0 Å². The summed E-state index contributed by atoms with van der Waals surface area (Å²) in [7, 11) is 0. The van der Waals surface area contributed by atoms with Crippen molar-refractivity contribution in [2.24, 2.45) is 10.9 Å². The molecule has 0 bridgehead atoms. The minimum atomic E-state index is 0. The Balaban J connectivity index is 0.000000605. The minimum absolute atomic E-state index is 0. The maximum atomic E-state index is 5.28. The van der Waals surface area contributed by atoms with E-state index in [2.05, 4.69) is 17.1 Å². The van der Waals surface area contributed by atoms with Gasteiger partial charge < -0.3 is 4.74 Å². The summed E-state index contributed by atoms with van der Waals surface area (Å²) in [5.41, 5.74) is 0. The molecule has 0 unspecified atom stereocenters. The van der Waals surface area contributed by atoms with E-state index in [-0.39, 0.29) is 19.5 Å². The average Bonchev–Trinajstić information content (AvgIpc) is 2.59. The van der Waals surface area contributed by atoms with Crippen LogP contribution in [0.3, 0.4) is 0 Å². The quantitative estimate of drug-likeness (QED) is 0.626. The van der Waals surface area contributed by atoms with E-state index in [9.17, 15) is 0 Å². The van der Waals surface area contributed by atoms with Gasteiger partial charge in [-0.15, -0.1) is 0 Å². The van der Waals surface area contributed by atoms with Crippen LogP contribution in [0, 0.1) is 5.92 Å². The maximum Gasteiger partial charge on any atom is 0.194 e. The number of rotatable bonds is 1. The van der Waals surface area contributed by atoms with Gasteiger partial charge in [-0.05, 0) is 0 Å². The summed E-state index contributed by atoms with van der Waals surface area (Å²) in [6.07, 6.45) is 8.22. The smallest absolute Gasteiger partial charge is 0.194 e. The Morgan fingerprint density at radius 3 is 2.64 bits per heavy atom. The van der Waals surface area contributed by atoms with Gasteiger partial charge in [-0.25, -0.2) is 0 Å². The van der Waals surface area contributed by atoms with Crippen molar-refractivity contribution in [2.75, 3.05) is 13.2 Å². The monoisotopic (exact) mass is 237 g/mol. The zero-order chi connectivity index (χ0) is 6.81. The summed E-state index contributed by atoms with van der Waals surface area (Å²) in [5.74, 6) is 1.20. The first kappa shape index (κ1) is 8.67. The molecule has 1 aliphatic heterocycles. The van der Waals surface area contributed by atoms with Gasteiger partial charge in [-0.3, -0.25) is 4.99 Å². The van der Waals surface area contributed by atoms with Crippen molar-refractivity contribution < 1.29 is 24.2 Å². The average molecular weight is 236 g/mol. The molecule has 0 amide bonds. The van der Waals surface area contributed by atoms with Crippen molar-refractivity contribution in [3.8, 4) is 0 Å². The molecule has 0 radical (unpaired) electrons. The third-order valence-corrected chi connectivity index (χ3v) is 1.64. The van der Waals surface area contributed by atoms with Crippen LogP contribution in [0.5, 0.6) is 0 Å². The zero-order valence-corrected chi connectivity index (χ0v) is 7.75. The molecule has 0 fully saturated rings. The summed E-state index contributed by atoms with van der Waals surface area (Å²) >= 11 is 0. The van der Waals surface area contributed by atoms with Crippen LogP contribution in [0.25, 0.3) is 0 Å². The molecular formula is C8H9NORu. The van der Waals surface area contributed by atoms with Crippen molar-refractivity contribution in [2.45, 2.75) is 0 Å². The molecule has 0 N–H and O–H groups in total. The fourth-order valence-electron chi connectivity index (χ4n) is 1.15. The summed E-state index contributed by atoms with van der Waals surface area (Å²) in [6.45, 7) is 1.58. The van der Waals surface area contributed by atoms with Gasteiger partial charge in [0.05, 0.1) is 12.5 Å². The van der Waals surface area contributed by atoms with Crippen LogP contribution in [-0.4, -0.2) is 19.0 Å². The molecule has 2 rings (SSSR count). The number of hydrogen-bond donors (Lipinski definition) is 0. The number of hydrogen-bond acceptors (Lipinski definition) is 2. The SMILES string of the molecule is C1=CC(C2=NCCO2)C=C1.[Ru]. The van der Waals surface area contributed by atoms with Crippen molar-refractivity contribution in [3.05, 3.63) is 24.3 Å². The second kappa shape index (κ2) is 3.82. The molecule has 0 saturated carbocycles. The molecule has 1 aliphatic carbocycles. The first-order valence-electron chi connectivity index (χ1n) is 3.49. The van der Waals surface area contributed by atoms with Gasteiger partial charge in [0.15, 0.2) is 5.90 Å². The second-order valence-electron chi connectivity index (χ2n) is 2.36. The molecule has 2 nitrogen and oxygen atoms in total. The zero-order valence-electron chi connectivity index (χ0n) is 6.01. The van der Waals surface area contributed by atoms with Crippen LogP contribution < -0.4 is 0 Å². The van der Waals surface area contributed by atoms with E-state index < -0.39 is 0 Å². The van der Waals surface area contributed by atoms with E-state index in [0.717, 1.165) is 19.0 Å². The summed E-state index contributed by atoms with van der Waals surface area (Å²) in [4.78, 5) is 4.21. The van der Waals surface area contributed by atoms with E-state index >= 15 is 0 Å². The molecule has 60 valence electrons. The third-order valence-electron chi connectivity index (χ3n) is 1.64. The van der Waals surface area contributed by atoms with Gasteiger partial charge >= 0.3 is 0 Å². The van der Waals surface area contributed by atoms with Crippen LogP contribution in [-0.2, 0) is 24.2 Å². The molecule has 2 aliphatic rings. The fourth-order valence-corrected chi connectivity index (χ4v) is 1.15. The Bertz CT molecular complexity index is 208.